The molecule has 0 aromatic carbocycles. The average Bonchev–Trinajstić information content (AvgIpc) is 3.36. The van der Waals surface area contributed by atoms with Crippen LogP contribution in [0.5, 0.6) is 0 Å². The van der Waals surface area contributed by atoms with E-state index in [-0.39, 0.29) is 12.5 Å². The van der Waals surface area contributed by atoms with E-state index in [0.29, 0.717) is 13.0 Å². The number of nitrogens with one attached hydrogen (secondary N) is 2. The fourth-order valence-electron chi connectivity index (χ4n) is 2.18. The second-order valence-electron chi connectivity index (χ2n) is 5.57. The lowest BCUT2D eigenvalue weighted by atomic mass is 10.2. The van der Waals surface area contributed by atoms with E-state index in [1.165, 1.54) is 0 Å². The molecule has 0 unspecified atom stereocenters. The summed E-state index contributed by atoms with van der Waals surface area (Å²) in [5.74, 6) is -0.424. The first-order valence-electron chi connectivity index (χ1n) is 8.44. The molecule has 0 spiro atoms. The van der Waals surface area contributed by atoms with Crippen LogP contribution in [-0.2, 0) is 23.9 Å². The molecular formula is C16H28N2O5S. The minimum absolute atomic E-state index is 0.193. The molecule has 7 nitrogen and oxygen atoms in total. The summed E-state index contributed by atoms with van der Waals surface area (Å²) in [6.07, 6.45) is 3.83. The largest absolute Gasteiger partial charge is 0.464 e. The highest BCUT2D eigenvalue weighted by molar-refractivity contribution is 7.98. The van der Waals surface area contributed by atoms with Gasteiger partial charge in [0, 0.05) is 6.54 Å². The highest BCUT2D eigenvalue weighted by Crippen LogP contribution is 2.23. The fourth-order valence-corrected chi connectivity index (χ4v) is 2.65. The van der Waals surface area contributed by atoms with Crippen molar-refractivity contribution in [2.75, 3.05) is 25.2 Å². The normalized spacial score (nSPS) is 20.1. The summed E-state index contributed by atoms with van der Waals surface area (Å²) in [5.41, 5.74) is 0. The number of epoxide rings is 1. The zero-order valence-electron chi connectivity index (χ0n) is 14.6. The first-order chi connectivity index (χ1) is 11.5. The summed E-state index contributed by atoms with van der Waals surface area (Å²) in [6, 6.07) is -0.612. The number of rotatable bonds is 12. The van der Waals surface area contributed by atoms with Crippen LogP contribution in [0.3, 0.4) is 0 Å². The van der Waals surface area contributed by atoms with Crippen LogP contribution in [0.15, 0.2) is 0 Å². The maximum Gasteiger partial charge on any atom is 0.338 e. The molecule has 138 valence electrons. The Morgan fingerprint density at radius 3 is 2.58 bits per heavy atom. The molecule has 1 aliphatic rings. The van der Waals surface area contributed by atoms with E-state index in [1.807, 2.05) is 6.26 Å². The molecule has 1 fully saturated rings. The lowest BCUT2D eigenvalue weighted by molar-refractivity contribution is -0.144. The van der Waals surface area contributed by atoms with Crippen molar-refractivity contribution in [1.29, 1.82) is 0 Å². The van der Waals surface area contributed by atoms with Gasteiger partial charge in [0.25, 0.3) is 5.91 Å². The molecule has 8 heteroatoms. The van der Waals surface area contributed by atoms with E-state index in [0.717, 1.165) is 25.0 Å². The molecule has 0 aromatic heterocycles. The molecule has 2 amide bonds. The molecule has 1 heterocycles. The van der Waals surface area contributed by atoms with Gasteiger partial charge in [-0.05, 0) is 31.8 Å². The Bertz CT molecular complexity index is 433. The van der Waals surface area contributed by atoms with Gasteiger partial charge in [-0.3, -0.25) is 9.59 Å². The van der Waals surface area contributed by atoms with Crippen LogP contribution in [0.1, 0.15) is 39.5 Å². The van der Waals surface area contributed by atoms with Crippen molar-refractivity contribution in [2.24, 2.45) is 0 Å². The van der Waals surface area contributed by atoms with Crippen LogP contribution in [-0.4, -0.2) is 61.2 Å². The smallest absolute Gasteiger partial charge is 0.338 e. The Balaban J connectivity index is 2.45. The van der Waals surface area contributed by atoms with Gasteiger partial charge >= 0.3 is 5.97 Å². The van der Waals surface area contributed by atoms with Crippen molar-refractivity contribution in [2.45, 2.75) is 57.8 Å². The third kappa shape index (κ3) is 7.09. The summed E-state index contributed by atoms with van der Waals surface area (Å²) < 4.78 is 9.88. The SMILES string of the molecule is CCCCCNC(=O)[C@H](CCSC)NC(=O)[C@H]1O[C@@H]1C(=O)OCC. The van der Waals surface area contributed by atoms with Gasteiger partial charge in [-0.2, -0.15) is 11.8 Å². The number of unbranched alkanes of at least 4 members (excludes halogenated alkanes) is 2. The second-order valence-corrected chi connectivity index (χ2v) is 6.56. The predicted molar refractivity (Wildman–Crippen MR) is 92.8 cm³/mol. The zero-order valence-corrected chi connectivity index (χ0v) is 15.4. The van der Waals surface area contributed by atoms with Gasteiger partial charge in [-0.25, -0.2) is 4.79 Å². The standard InChI is InChI=1S/C16H28N2O5S/c1-4-6-7-9-17-14(19)11(8-10-24-3)18-15(20)12-13(23-12)16(21)22-5-2/h11-13H,4-10H2,1-3H3,(H,17,19)(H,18,20)/t11-,12-,13-/m0/s1. The molecule has 2 N–H and O–H groups in total. The summed E-state index contributed by atoms with van der Waals surface area (Å²) in [7, 11) is 0. The second kappa shape index (κ2) is 11.3. The lowest BCUT2D eigenvalue weighted by Crippen LogP contribution is -2.49. The number of ether oxygens (including phenoxy) is 2. The summed E-state index contributed by atoms with van der Waals surface area (Å²) >= 11 is 1.61. The monoisotopic (exact) mass is 360 g/mol. The number of hydrogen-bond acceptors (Lipinski definition) is 6. The maximum absolute atomic E-state index is 12.2. The minimum atomic E-state index is -0.853. The van der Waals surface area contributed by atoms with Gasteiger partial charge in [-0.15, -0.1) is 0 Å². The summed E-state index contributed by atoms with van der Waals surface area (Å²) in [5, 5.41) is 5.53. The molecule has 0 bridgehead atoms. The highest BCUT2D eigenvalue weighted by Gasteiger charge is 2.52. The molecule has 0 saturated carbocycles. The van der Waals surface area contributed by atoms with E-state index in [4.69, 9.17) is 9.47 Å². The molecule has 1 saturated heterocycles. The molecule has 24 heavy (non-hydrogen) atoms. The van der Waals surface area contributed by atoms with Crippen LogP contribution in [0, 0.1) is 0 Å². The van der Waals surface area contributed by atoms with Crippen LogP contribution >= 0.6 is 11.8 Å². The third-order valence-corrected chi connectivity index (χ3v) is 4.24. The first kappa shape index (κ1) is 20.8. The van der Waals surface area contributed by atoms with Gasteiger partial charge in [-0.1, -0.05) is 19.8 Å². The van der Waals surface area contributed by atoms with Crippen molar-refractivity contribution in [3.8, 4) is 0 Å². The van der Waals surface area contributed by atoms with E-state index in [9.17, 15) is 14.4 Å². The van der Waals surface area contributed by atoms with E-state index >= 15 is 0 Å². The summed E-state index contributed by atoms with van der Waals surface area (Å²) in [4.78, 5) is 35.9. The van der Waals surface area contributed by atoms with Crippen LogP contribution < -0.4 is 10.6 Å². The molecule has 0 aromatic rings. The van der Waals surface area contributed by atoms with Gasteiger partial charge in [0.2, 0.25) is 5.91 Å². The molecular weight excluding hydrogens is 332 g/mol. The number of carbonyl (C=O) groups is 3. The Hall–Kier alpha value is -1.28. The number of carbonyl (C=O) groups excluding carboxylic acids is 3. The Morgan fingerprint density at radius 2 is 1.96 bits per heavy atom. The van der Waals surface area contributed by atoms with Crippen molar-refractivity contribution >= 4 is 29.5 Å². The Kier molecular flexibility index (Phi) is 9.78. The van der Waals surface area contributed by atoms with Gasteiger partial charge in [0.05, 0.1) is 6.61 Å². The lowest BCUT2D eigenvalue weighted by Gasteiger charge is -2.17. The molecule has 1 rings (SSSR count). The quantitative estimate of drug-likeness (QED) is 0.304. The zero-order chi connectivity index (χ0) is 17.9. The topological polar surface area (TPSA) is 97.0 Å². The van der Waals surface area contributed by atoms with Gasteiger partial charge in [0.15, 0.2) is 12.2 Å². The van der Waals surface area contributed by atoms with E-state index in [1.54, 1.807) is 18.7 Å². The number of esters is 1. The number of amides is 2. The van der Waals surface area contributed by atoms with Crippen molar-refractivity contribution in [1.82, 2.24) is 10.6 Å². The fraction of sp³-hybridized carbons (Fsp3) is 0.812. The molecule has 0 radical (unpaired) electrons. The van der Waals surface area contributed by atoms with E-state index < -0.39 is 30.1 Å². The molecule has 3 atom stereocenters. The van der Waals surface area contributed by atoms with Crippen LogP contribution in [0.2, 0.25) is 0 Å². The number of thioether (sulfide) groups is 1. The van der Waals surface area contributed by atoms with Crippen molar-refractivity contribution in [3.05, 3.63) is 0 Å². The summed E-state index contributed by atoms with van der Waals surface area (Å²) in [6.45, 7) is 4.63. The molecule has 1 aliphatic heterocycles. The predicted octanol–water partition coefficient (Wildman–Crippen LogP) is 0.861. The maximum atomic E-state index is 12.2. The minimum Gasteiger partial charge on any atom is -0.464 e. The van der Waals surface area contributed by atoms with Crippen molar-refractivity contribution in [3.63, 3.8) is 0 Å². The Labute approximate surface area is 147 Å². The Morgan fingerprint density at radius 1 is 1.21 bits per heavy atom. The average molecular weight is 360 g/mol. The van der Waals surface area contributed by atoms with Gasteiger partial charge < -0.3 is 20.1 Å². The number of hydrogen-bond donors (Lipinski definition) is 2. The van der Waals surface area contributed by atoms with Gasteiger partial charge in [0.1, 0.15) is 6.04 Å². The van der Waals surface area contributed by atoms with Crippen LogP contribution in [0.25, 0.3) is 0 Å². The van der Waals surface area contributed by atoms with Crippen molar-refractivity contribution < 1.29 is 23.9 Å². The molecule has 0 aliphatic carbocycles. The van der Waals surface area contributed by atoms with E-state index in [2.05, 4.69) is 17.6 Å². The highest BCUT2D eigenvalue weighted by atomic mass is 32.2. The third-order valence-electron chi connectivity index (χ3n) is 3.59. The van der Waals surface area contributed by atoms with Crippen LogP contribution in [0.4, 0.5) is 0 Å². The first-order valence-corrected chi connectivity index (χ1v) is 9.83.